The van der Waals surface area contributed by atoms with E-state index in [-0.39, 0.29) is 19.1 Å². The Labute approximate surface area is 165 Å². The third-order valence-corrected chi connectivity index (χ3v) is 3.67. The van der Waals surface area contributed by atoms with Crippen LogP contribution in [0.15, 0.2) is 48.5 Å². The largest absolute Gasteiger partial charge is 0.497 e. The quantitative estimate of drug-likeness (QED) is 0.568. The summed E-state index contributed by atoms with van der Waals surface area (Å²) in [6.07, 6.45) is 0.220. The van der Waals surface area contributed by atoms with Gasteiger partial charge in [0.2, 0.25) is 5.91 Å². The number of hydrogen-bond acceptors (Lipinski definition) is 6. The Morgan fingerprint density at radius 3 is 2.39 bits per heavy atom. The molecule has 1 amide bonds. The van der Waals surface area contributed by atoms with Crippen molar-refractivity contribution in [1.82, 2.24) is 5.48 Å². The molecule has 28 heavy (non-hydrogen) atoms. The van der Waals surface area contributed by atoms with Gasteiger partial charge in [0.15, 0.2) is 0 Å². The highest BCUT2D eigenvalue weighted by Gasteiger charge is 2.09. The first kappa shape index (κ1) is 23.4. The van der Waals surface area contributed by atoms with Gasteiger partial charge in [0.1, 0.15) is 24.2 Å². The molecule has 7 heteroatoms. The average Bonchev–Trinajstić information content (AvgIpc) is 2.72. The minimum atomic E-state index is -0.743. The number of aliphatic hydroxyl groups excluding tert-OH is 2. The van der Waals surface area contributed by atoms with Crippen LogP contribution in [0.2, 0.25) is 0 Å². The van der Waals surface area contributed by atoms with Gasteiger partial charge in [-0.05, 0) is 48.7 Å². The van der Waals surface area contributed by atoms with Gasteiger partial charge >= 0.3 is 0 Å². The normalized spacial score (nSPS) is 11.0. The summed E-state index contributed by atoms with van der Waals surface area (Å²) in [6, 6.07) is 14.7. The Morgan fingerprint density at radius 1 is 1.11 bits per heavy atom. The van der Waals surface area contributed by atoms with Crippen molar-refractivity contribution in [2.45, 2.75) is 25.9 Å². The molecular weight excluding hydrogens is 362 g/mol. The van der Waals surface area contributed by atoms with Gasteiger partial charge in [-0.3, -0.25) is 9.63 Å². The fourth-order valence-electron chi connectivity index (χ4n) is 2.30. The van der Waals surface area contributed by atoms with Crippen LogP contribution in [0.3, 0.4) is 0 Å². The molecule has 0 heterocycles. The van der Waals surface area contributed by atoms with Crippen molar-refractivity contribution < 1.29 is 29.3 Å². The van der Waals surface area contributed by atoms with Crippen LogP contribution in [0.4, 0.5) is 0 Å². The molecule has 0 bridgehead atoms. The highest BCUT2D eigenvalue weighted by atomic mass is 16.6. The van der Waals surface area contributed by atoms with Crippen molar-refractivity contribution in [3.63, 3.8) is 0 Å². The Hall–Kier alpha value is -2.61. The van der Waals surface area contributed by atoms with Crippen LogP contribution >= 0.6 is 0 Å². The lowest BCUT2D eigenvalue weighted by Crippen LogP contribution is -2.21. The van der Waals surface area contributed by atoms with Gasteiger partial charge < -0.3 is 19.7 Å². The first-order valence-electron chi connectivity index (χ1n) is 9.00. The van der Waals surface area contributed by atoms with Crippen LogP contribution in [-0.4, -0.2) is 43.6 Å². The van der Waals surface area contributed by atoms with Crippen molar-refractivity contribution in [3.8, 4) is 11.5 Å². The first-order chi connectivity index (χ1) is 13.5. The minimum Gasteiger partial charge on any atom is -0.497 e. The van der Waals surface area contributed by atoms with E-state index >= 15 is 0 Å². The van der Waals surface area contributed by atoms with Crippen LogP contribution in [-0.2, 0) is 16.1 Å². The highest BCUT2D eigenvalue weighted by molar-refractivity contribution is 5.75. The summed E-state index contributed by atoms with van der Waals surface area (Å²) in [5.74, 6) is 1.19. The van der Waals surface area contributed by atoms with Crippen molar-refractivity contribution >= 4 is 5.91 Å². The molecule has 0 saturated carbocycles. The molecule has 0 aliphatic rings. The fraction of sp³-hybridized carbons (Fsp3) is 0.381. The molecule has 0 aliphatic heterocycles. The number of aryl methyl sites for hydroxylation is 1. The van der Waals surface area contributed by atoms with Gasteiger partial charge in [-0.1, -0.05) is 24.3 Å². The summed E-state index contributed by atoms with van der Waals surface area (Å²) in [5.41, 5.74) is 4.04. The second kappa shape index (κ2) is 13.5. The van der Waals surface area contributed by atoms with Crippen molar-refractivity contribution in [2.24, 2.45) is 0 Å². The summed E-state index contributed by atoms with van der Waals surface area (Å²) in [6.45, 7) is 2.07. The number of ether oxygens (including phenoxy) is 2. The minimum absolute atomic E-state index is 0.142. The number of hydroxylamine groups is 1. The van der Waals surface area contributed by atoms with E-state index in [1.54, 1.807) is 20.1 Å². The number of methoxy groups -OCH3 is 1. The predicted molar refractivity (Wildman–Crippen MR) is 106 cm³/mol. The number of amides is 1. The summed E-state index contributed by atoms with van der Waals surface area (Å²) < 4.78 is 10.8. The Kier molecular flexibility index (Phi) is 11.3. The number of carbonyl (C=O) groups excluding carboxylic acids is 1. The van der Waals surface area contributed by atoms with E-state index in [0.717, 1.165) is 11.1 Å². The zero-order valence-corrected chi connectivity index (χ0v) is 16.6. The number of carbonyl (C=O) groups is 1. The van der Waals surface area contributed by atoms with E-state index in [9.17, 15) is 9.90 Å². The van der Waals surface area contributed by atoms with Gasteiger partial charge in [-0.15, -0.1) is 0 Å². The van der Waals surface area contributed by atoms with E-state index in [1.807, 2.05) is 42.5 Å². The van der Waals surface area contributed by atoms with Crippen LogP contribution in [0.1, 0.15) is 30.6 Å². The molecular formula is C21H29NO6. The summed E-state index contributed by atoms with van der Waals surface area (Å²) in [7, 11) is 2.99. The van der Waals surface area contributed by atoms with Gasteiger partial charge in [-0.2, -0.15) is 0 Å². The van der Waals surface area contributed by atoms with E-state index in [4.69, 9.17) is 14.6 Å². The molecule has 0 fully saturated rings. The van der Waals surface area contributed by atoms with Crippen molar-refractivity contribution in [2.75, 3.05) is 27.4 Å². The van der Waals surface area contributed by atoms with Crippen molar-refractivity contribution in [3.05, 3.63) is 59.7 Å². The second-order valence-corrected chi connectivity index (χ2v) is 5.79. The molecule has 154 valence electrons. The van der Waals surface area contributed by atoms with Gasteiger partial charge in [0.25, 0.3) is 0 Å². The van der Waals surface area contributed by atoms with E-state index < -0.39 is 6.10 Å². The Morgan fingerprint density at radius 2 is 1.79 bits per heavy atom. The molecule has 0 aromatic heterocycles. The Balaban J connectivity index is 0.00000122. The lowest BCUT2D eigenvalue weighted by Gasteiger charge is -2.14. The lowest BCUT2D eigenvalue weighted by atomic mass is 10.1. The van der Waals surface area contributed by atoms with Crippen LogP contribution < -0.4 is 15.0 Å². The average molecular weight is 391 g/mol. The fourth-order valence-corrected chi connectivity index (χ4v) is 2.30. The topological polar surface area (TPSA) is 97.3 Å². The predicted octanol–water partition coefficient (Wildman–Crippen LogP) is 2.42. The molecule has 3 N–H and O–H groups in total. The van der Waals surface area contributed by atoms with E-state index in [0.29, 0.717) is 24.3 Å². The third-order valence-electron chi connectivity index (χ3n) is 3.67. The molecule has 0 saturated heterocycles. The molecule has 0 spiro atoms. The maximum absolute atomic E-state index is 11.3. The van der Waals surface area contributed by atoms with E-state index in [1.165, 1.54) is 7.11 Å². The molecule has 0 aliphatic carbocycles. The summed E-state index contributed by atoms with van der Waals surface area (Å²) in [5, 5.41) is 17.8. The van der Waals surface area contributed by atoms with Crippen LogP contribution in [0.5, 0.6) is 11.5 Å². The van der Waals surface area contributed by atoms with Crippen LogP contribution in [0.25, 0.3) is 0 Å². The molecule has 1 unspecified atom stereocenters. The van der Waals surface area contributed by atoms with Gasteiger partial charge in [0, 0.05) is 13.0 Å². The molecule has 2 aromatic carbocycles. The Bertz CT molecular complexity index is 690. The maximum atomic E-state index is 11.3. The summed E-state index contributed by atoms with van der Waals surface area (Å²) in [4.78, 5) is 15.9. The zero-order chi connectivity index (χ0) is 20.8. The number of aliphatic hydroxyl groups is 2. The second-order valence-electron chi connectivity index (χ2n) is 5.79. The zero-order valence-electron chi connectivity index (χ0n) is 16.6. The standard InChI is InChI=1S/C19H23NO5.C2H6O/c1-23-17-5-3-4-15(12-17)18(21)13-25-16-9-6-14(7-10-16)8-11-19(22)20-24-2;1-2-3/h3-7,9-10,12,18,21H,8,11,13H2,1-2H3,(H,20,22);3H,2H2,1H3. The molecule has 2 aromatic rings. The van der Waals surface area contributed by atoms with Crippen molar-refractivity contribution in [1.29, 1.82) is 0 Å². The lowest BCUT2D eigenvalue weighted by molar-refractivity contribution is -0.131. The molecule has 0 radical (unpaired) electrons. The first-order valence-corrected chi connectivity index (χ1v) is 9.00. The smallest absolute Gasteiger partial charge is 0.243 e. The monoisotopic (exact) mass is 391 g/mol. The number of benzene rings is 2. The van der Waals surface area contributed by atoms with Gasteiger partial charge in [0.05, 0.1) is 14.2 Å². The van der Waals surface area contributed by atoms with Crippen LogP contribution in [0, 0.1) is 0 Å². The maximum Gasteiger partial charge on any atom is 0.243 e. The summed E-state index contributed by atoms with van der Waals surface area (Å²) >= 11 is 0. The highest BCUT2D eigenvalue weighted by Crippen LogP contribution is 2.21. The number of hydrogen-bond donors (Lipinski definition) is 3. The number of rotatable bonds is 9. The number of nitrogens with one attached hydrogen (secondary N) is 1. The molecule has 2 rings (SSSR count). The SMILES string of the molecule is CCO.CONC(=O)CCc1ccc(OCC(O)c2cccc(OC)c2)cc1. The van der Waals surface area contributed by atoms with Gasteiger partial charge in [-0.25, -0.2) is 5.48 Å². The van der Waals surface area contributed by atoms with E-state index in [2.05, 4.69) is 10.3 Å². The molecule has 1 atom stereocenters. The molecule has 7 nitrogen and oxygen atoms in total. The third kappa shape index (κ3) is 8.85.